The number of piperazine rings is 1. The molecule has 0 amide bonds. The third kappa shape index (κ3) is 4.04. The van der Waals surface area contributed by atoms with Gasteiger partial charge in [0.15, 0.2) is 0 Å². The number of hydrogen-bond acceptors (Lipinski definition) is 3. The molecule has 1 aliphatic rings. The number of ketones is 1. The Morgan fingerprint density at radius 2 is 1.76 bits per heavy atom. The first kappa shape index (κ1) is 17.1. The summed E-state index contributed by atoms with van der Waals surface area (Å²) in [6, 6.07) is 18.1. The largest absolute Gasteiger partial charge is 0.358 e. The predicted octanol–water partition coefficient (Wildman–Crippen LogP) is 1.41. The van der Waals surface area contributed by atoms with Crippen LogP contribution >= 0.6 is 0 Å². The van der Waals surface area contributed by atoms with Crippen LogP contribution in [0.3, 0.4) is 0 Å². The molecule has 0 bridgehead atoms. The highest BCUT2D eigenvalue weighted by Crippen LogP contribution is 2.18. The Balaban J connectivity index is 1.58. The van der Waals surface area contributed by atoms with Gasteiger partial charge in [0.05, 0.1) is 37.9 Å². The summed E-state index contributed by atoms with van der Waals surface area (Å²) in [7, 11) is 0. The van der Waals surface area contributed by atoms with Gasteiger partial charge < -0.3 is 9.80 Å². The highest BCUT2D eigenvalue weighted by Gasteiger charge is 2.28. The second-order valence-corrected chi connectivity index (χ2v) is 6.30. The molecule has 0 unspecified atom stereocenters. The minimum absolute atomic E-state index is 0.0527. The summed E-state index contributed by atoms with van der Waals surface area (Å²) in [4.78, 5) is 15.7. The Labute approximate surface area is 147 Å². The van der Waals surface area contributed by atoms with Gasteiger partial charge in [-0.1, -0.05) is 42.5 Å². The molecule has 1 saturated heterocycles. The van der Waals surface area contributed by atoms with Crippen LogP contribution in [0, 0.1) is 17.1 Å². The van der Waals surface area contributed by atoms with Crippen molar-refractivity contribution in [1.29, 1.82) is 5.26 Å². The number of anilines is 1. The van der Waals surface area contributed by atoms with Crippen LogP contribution in [0.25, 0.3) is 0 Å². The van der Waals surface area contributed by atoms with Crippen LogP contribution in [0.4, 0.5) is 10.1 Å². The normalized spacial score (nSPS) is 16.2. The molecule has 0 spiro atoms. The highest BCUT2D eigenvalue weighted by molar-refractivity contribution is 5.89. The van der Waals surface area contributed by atoms with Crippen LogP contribution in [0.5, 0.6) is 0 Å². The SMILES string of the molecule is N#C[C@@H](C(=O)C[NH+]1CCN(c2ccccc2F)CC1)c1ccccc1. The van der Waals surface area contributed by atoms with E-state index < -0.39 is 5.92 Å². The number of halogens is 1. The van der Waals surface area contributed by atoms with Gasteiger partial charge >= 0.3 is 0 Å². The van der Waals surface area contributed by atoms with E-state index in [2.05, 4.69) is 6.07 Å². The van der Waals surface area contributed by atoms with Gasteiger partial charge in [0.2, 0.25) is 5.78 Å². The molecule has 0 saturated carbocycles. The van der Waals surface area contributed by atoms with Crippen molar-refractivity contribution in [3.05, 3.63) is 66.0 Å². The average molecular weight is 338 g/mol. The first-order valence-electron chi connectivity index (χ1n) is 8.49. The number of benzene rings is 2. The smallest absolute Gasteiger partial charge is 0.208 e. The fourth-order valence-corrected chi connectivity index (χ4v) is 3.28. The quantitative estimate of drug-likeness (QED) is 0.897. The molecule has 0 aliphatic carbocycles. The Hall–Kier alpha value is -2.71. The molecular formula is C20H21FN3O+. The van der Waals surface area contributed by atoms with E-state index in [9.17, 15) is 14.4 Å². The molecule has 25 heavy (non-hydrogen) atoms. The second kappa shape index (κ2) is 7.91. The van der Waals surface area contributed by atoms with Gasteiger partial charge in [-0.15, -0.1) is 0 Å². The molecule has 0 aromatic heterocycles. The molecule has 3 rings (SSSR count). The zero-order chi connectivity index (χ0) is 17.6. The lowest BCUT2D eigenvalue weighted by Gasteiger charge is -2.33. The van der Waals surface area contributed by atoms with Crippen LogP contribution < -0.4 is 9.80 Å². The van der Waals surface area contributed by atoms with E-state index in [1.54, 1.807) is 12.1 Å². The summed E-state index contributed by atoms with van der Waals surface area (Å²) in [5, 5.41) is 9.37. The third-order valence-corrected chi connectivity index (χ3v) is 4.67. The number of carbonyl (C=O) groups is 1. The van der Waals surface area contributed by atoms with Crippen LogP contribution in [-0.2, 0) is 4.79 Å². The second-order valence-electron chi connectivity index (χ2n) is 6.30. The Morgan fingerprint density at radius 3 is 2.40 bits per heavy atom. The summed E-state index contributed by atoms with van der Waals surface area (Å²) < 4.78 is 13.9. The fourth-order valence-electron chi connectivity index (χ4n) is 3.28. The number of hydrogen-bond donors (Lipinski definition) is 1. The molecular weight excluding hydrogens is 317 g/mol. The van der Waals surface area contributed by atoms with Crippen molar-refractivity contribution in [2.45, 2.75) is 5.92 Å². The van der Waals surface area contributed by atoms with Crippen LogP contribution in [0.2, 0.25) is 0 Å². The zero-order valence-corrected chi connectivity index (χ0v) is 14.0. The van der Waals surface area contributed by atoms with E-state index in [4.69, 9.17) is 0 Å². The van der Waals surface area contributed by atoms with E-state index in [-0.39, 0.29) is 11.6 Å². The lowest BCUT2D eigenvalue weighted by molar-refractivity contribution is -0.892. The number of quaternary nitrogens is 1. The van der Waals surface area contributed by atoms with Crippen LogP contribution in [0.1, 0.15) is 11.5 Å². The number of nitriles is 1. The molecule has 1 atom stereocenters. The molecule has 5 heteroatoms. The van der Waals surface area contributed by atoms with Crippen LogP contribution in [-0.4, -0.2) is 38.5 Å². The number of nitrogens with zero attached hydrogens (tertiary/aromatic N) is 2. The number of para-hydroxylation sites is 1. The van der Waals surface area contributed by atoms with Gasteiger partial charge in [-0.25, -0.2) is 4.39 Å². The number of nitrogens with one attached hydrogen (secondary N) is 1. The van der Waals surface area contributed by atoms with E-state index in [0.29, 0.717) is 25.3 Å². The van der Waals surface area contributed by atoms with E-state index >= 15 is 0 Å². The molecule has 0 radical (unpaired) electrons. The summed E-state index contributed by atoms with van der Waals surface area (Å²) in [5.74, 6) is -0.975. The van der Waals surface area contributed by atoms with Crippen molar-refractivity contribution in [2.75, 3.05) is 37.6 Å². The van der Waals surface area contributed by atoms with E-state index in [1.807, 2.05) is 41.3 Å². The number of rotatable bonds is 5. The summed E-state index contributed by atoms with van der Waals surface area (Å²) >= 11 is 0. The lowest BCUT2D eigenvalue weighted by Crippen LogP contribution is -3.15. The maximum absolute atomic E-state index is 13.9. The molecule has 2 aromatic carbocycles. The van der Waals surface area contributed by atoms with Gasteiger partial charge in [-0.05, 0) is 17.7 Å². The zero-order valence-electron chi connectivity index (χ0n) is 14.0. The minimum Gasteiger partial charge on any atom is -0.358 e. The van der Waals surface area contributed by atoms with Crippen molar-refractivity contribution in [1.82, 2.24) is 0 Å². The van der Waals surface area contributed by atoms with Crippen molar-refractivity contribution >= 4 is 11.5 Å². The van der Waals surface area contributed by atoms with E-state index in [1.165, 1.54) is 6.07 Å². The lowest BCUT2D eigenvalue weighted by atomic mass is 9.96. The summed E-state index contributed by atoms with van der Waals surface area (Å²) in [5.41, 5.74) is 1.37. The fraction of sp³-hybridized carbons (Fsp3) is 0.300. The number of carbonyl (C=O) groups excluding carboxylic acids is 1. The summed E-state index contributed by atoms with van der Waals surface area (Å²) in [6.45, 7) is 3.25. The molecule has 1 N–H and O–H groups in total. The van der Waals surface area contributed by atoms with Gasteiger partial charge in [-0.3, -0.25) is 4.79 Å². The first-order valence-corrected chi connectivity index (χ1v) is 8.49. The molecule has 1 heterocycles. The van der Waals surface area contributed by atoms with Crippen molar-refractivity contribution in [2.24, 2.45) is 0 Å². The first-order chi connectivity index (χ1) is 12.2. The molecule has 4 nitrogen and oxygen atoms in total. The Kier molecular flexibility index (Phi) is 5.42. The molecule has 128 valence electrons. The van der Waals surface area contributed by atoms with E-state index in [0.717, 1.165) is 23.6 Å². The molecule has 2 aromatic rings. The average Bonchev–Trinajstić information content (AvgIpc) is 2.64. The third-order valence-electron chi connectivity index (χ3n) is 4.67. The van der Waals surface area contributed by atoms with Gasteiger partial charge in [0, 0.05) is 0 Å². The summed E-state index contributed by atoms with van der Waals surface area (Å²) in [6.07, 6.45) is 0. The standard InChI is InChI=1S/C20H20FN3O/c21-18-8-4-5-9-19(18)24-12-10-23(11-13-24)15-20(25)17(14-22)16-6-2-1-3-7-16/h1-9,17H,10-13,15H2/p+1/t17-/m1/s1. The van der Waals surface area contributed by atoms with Crippen molar-refractivity contribution < 1.29 is 14.1 Å². The maximum atomic E-state index is 13.9. The molecule has 1 fully saturated rings. The molecule has 1 aliphatic heterocycles. The van der Waals surface area contributed by atoms with Crippen LogP contribution in [0.15, 0.2) is 54.6 Å². The van der Waals surface area contributed by atoms with Gasteiger partial charge in [0.1, 0.15) is 18.3 Å². The van der Waals surface area contributed by atoms with Gasteiger partial charge in [-0.2, -0.15) is 5.26 Å². The Morgan fingerprint density at radius 1 is 1.12 bits per heavy atom. The monoisotopic (exact) mass is 338 g/mol. The van der Waals surface area contributed by atoms with Crippen molar-refractivity contribution in [3.8, 4) is 6.07 Å². The maximum Gasteiger partial charge on any atom is 0.208 e. The predicted molar refractivity (Wildman–Crippen MR) is 94.0 cm³/mol. The minimum atomic E-state index is -0.710. The highest BCUT2D eigenvalue weighted by atomic mass is 19.1. The van der Waals surface area contributed by atoms with Crippen molar-refractivity contribution in [3.63, 3.8) is 0 Å². The topological polar surface area (TPSA) is 48.5 Å². The van der Waals surface area contributed by atoms with Gasteiger partial charge in [0.25, 0.3) is 0 Å². The Bertz CT molecular complexity index is 764. The number of Topliss-reactive ketones (excluding diaryl/α,β-unsaturated/α-hetero) is 1.